The Labute approximate surface area is 187 Å². The van der Waals surface area contributed by atoms with Crippen LogP contribution in [0.5, 0.6) is 11.5 Å². The van der Waals surface area contributed by atoms with E-state index in [2.05, 4.69) is 10.3 Å². The fourth-order valence-electron chi connectivity index (χ4n) is 2.63. The molecule has 3 aromatic rings. The highest BCUT2D eigenvalue weighted by molar-refractivity contribution is 6.32. The van der Waals surface area contributed by atoms with Gasteiger partial charge in [-0.3, -0.25) is 4.98 Å². The molecule has 0 saturated carbocycles. The zero-order chi connectivity index (χ0) is 19.1. The fraction of sp³-hybridized carbons (Fsp3) is 0.190. The van der Waals surface area contributed by atoms with Crippen LogP contribution in [0, 0.1) is 5.82 Å². The van der Waals surface area contributed by atoms with Gasteiger partial charge in [-0.2, -0.15) is 0 Å². The van der Waals surface area contributed by atoms with Crippen LogP contribution in [0.4, 0.5) is 4.39 Å². The van der Waals surface area contributed by atoms with Gasteiger partial charge in [-0.15, -0.1) is 24.8 Å². The van der Waals surface area contributed by atoms with Crippen LogP contribution >= 0.6 is 36.4 Å². The molecule has 0 aliphatic carbocycles. The summed E-state index contributed by atoms with van der Waals surface area (Å²) in [5.74, 6) is 0.597. The molecule has 0 atom stereocenters. The summed E-state index contributed by atoms with van der Waals surface area (Å²) in [7, 11) is 1.55. The second kappa shape index (κ2) is 12.5. The fourth-order valence-corrected chi connectivity index (χ4v) is 2.92. The normalized spacial score (nSPS) is 9.90. The first-order chi connectivity index (χ1) is 13.2. The van der Waals surface area contributed by atoms with Crippen molar-refractivity contribution in [3.63, 3.8) is 0 Å². The van der Waals surface area contributed by atoms with Gasteiger partial charge >= 0.3 is 0 Å². The lowest BCUT2D eigenvalue weighted by molar-refractivity contribution is 0.279. The predicted molar refractivity (Wildman–Crippen MR) is 118 cm³/mol. The highest BCUT2D eigenvalue weighted by atomic mass is 35.5. The molecule has 0 unspecified atom stereocenters. The van der Waals surface area contributed by atoms with E-state index in [1.807, 2.05) is 30.5 Å². The standard InChI is InChI=1S/C21H20ClFN2O2.2ClH/c1-26-20-10-16(13-25-12-15-5-4-8-24-11-15)9-18(22)21(20)27-14-17-6-2-3-7-19(17)23;;/h2-11,25H,12-14H2,1H3;2*1H. The van der Waals surface area contributed by atoms with Gasteiger partial charge in [0.25, 0.3) is 0 Å². The average Bonchev–Trinajstić information content (AvgIpc) is 2.69. The Morgan fingerprint density at radius 2 is 1.79 bits per heavy atom. The second-order valence-electron chi connectivity index (χ2n) is 5.95. The van der Waals surface area contributed by atoms with Crippen LogP contribution in [0.2, 0.25) is 5.02 Å². The first-order valence-electron chi connectivity index (χ1n) is 8.49. The van der Waals surface area contributed by atoms with Gasteiger partial charge in [-0.1, -0.05) is 35.9 Å². The number of nitrogens with one attached hydrogen (secondary N) is 1. The van der Waals surface area contributed by atoms with Crippen molar-refractivity contribution in [1.29, 1.82) is 0 Å². The summed E-state index contributed by atoms with van der Waals surface area (Å²) in [4.78, 5) is 4.09. The van der Waals surface area contributed by atoms with Crippen LogP contribution in [0.1, 0.15) is 16.7 Å². The minimum Gasteiger partial charge on any atom is -0.493 e. The van der Waals surface area contributed by atoms with E-state index < -0.39 is 0 Å². The van der Waals surface area contributed by atoms with E-state index in [1.165, 1.54) is 6.07 Å². The Kier molecular flexibility index (Phi) is 10.8. The molecule has 29 heavy (non-hydrogen) atoms. The van der Waals surface area contributed by atoms with Gasteiger partial charge in [-0.05, 0) is 35.4 Å². The molecule has 0 aliphatic rings. The van der Waals surface area contributed by atoms with Gasteiger partial charge in [0.2, 0.25) is 0 Å². The lowest BCUT2D eigenvalue weighted by Gasteiger charge is -2.15. The molecule has 3 rings (SSSR count). The molecule has 1 aromatic heterocycles. The maximum absolute atomic E-state index is 13.8. The molecule has 0 radical (unpaired) electrons. The molecule has 0 spiro atoms. The van der Waals surface area contributed by atoms with Gasteiger partial charge in [0.15, 0.2) is 11.5 Å². The van der Waals surface area contributed by atoms with Crippen molar-refractivity contribution >= 4 is 36.4 Å². The van der Waals surface area contributed by atoms with Crippen molar-refractivity contribution in [3.8, 4) is 11.5 Å². The van der Waals surface area contributed by atoms with E-state index in [-0.39, 0.29) is 37.2 Å². The number of halogens is 4. The van der Waals surface area contributed by atoms with Crippen molar-refractivity contribution < 1.29 is 13.9 Å². The summed E-state index contributed by atoms with van der Waals surface area (Å²) < 4.78 is 24.9. The van der Waals surface area contributed by atoms with E-state index >= 15 is 0 Å². The first kappa shape index (κ1) is 25.0. The van der Waals surface area contributed by atoms with Gasteiger partial charge < -0.3 is 14.8 Å². The first-order valence-corrected chi connectivity index (χ1v) is 8.87. The van der Waals surface area contributed by atoms with Crippen molar-refractivity contribution in [2.75, 3.05) is 7.11 Å². The Hall–Kier alpha value is -2.05. The van der Waals surface area contributed by atoms with Crippen LogP contribution in [0.15, 0.2) is 60.9 Å². The molecule has 0 aliphatic heterocycles. The molecule has 8 heteroatoms. The topological polar surface area (TPSA) is 43.4 Å². The molecule has 1 N–H and O–H groups in total. The van der Waals surface area contributed by atoms with Gasteiger partial charge in [0, 0.05) is 31.0 Å². The summed E-state index contributed by atoms with van der Waals surface area (Å²) >= 11 is 6.38. The largest absolute Gasteiger partial charge is 0.493 e. The number of ether oxygens (including phenoxy) is 2. The summed E-state index contributed by atoms with van der Waals surface area (Å²) in [6.45, 7) is 1.37. The number of hydrogen-bond donors (Lipinski definition) is 1. The lowest BCUT2D eigenvalue weighted by atomic mass is 10.2. The molecule has 0 bridgehead atoms. The molecule has 1 heterocycles. The third kappa shape index (κ3) is 7.05. The Balaban J connectivity index is 0.00000210. The smallest absolute Gasteiger partial charge is 0.180 e. The zero-order valence-electron chi connectivity index (χ0n) is 15.7. The molecule has 2 aromatic carbocycles. The zero-order valence-corrected chi connectivity index (χ0v) is 18.1. The summed E-state index contributed by atoms with van der Waals surface area (Å²) in [6.07, 6.45) is 3.56. The summed E-state index contributed by atoms with van der Waals surface area (Å²) in [5.41, 5.74) is 2.51. The van der Waals surface area contributed by atoms with E-state index in [0.29, 0.717) is 35.2 Å². The van der Waals surface area contributed by atoms with Crippen LogP contribution in [-0.4, -0.2) is 12.1 Å². The predicted octanol–water partition coefficient (Wildman–Crippen LogP) is 5.60. The third-order valence-corrected chi connectivity index (χ3v) is 4.28. The van der Waals surface area contributed by atoms with Gasteiger partial charge in [0.1, 0.15) is 12.4 Å². The maximum Gasteiger partial charge on any atom is 0.180 e. The van der Waals surface area contributed by atoms with Crippen LogP contribution in [0.3, 0.4) is 0 Å². The highest BCUT2D eigenvalue weighted by Gasteiger charge is 2.13. The van der Waals surface area contributed by atoms with E-state index in [0.717, 1.165) is 11.1 Å². The molecule has 4 nitrogen and oxygen atoms in total. The average molecular weight is 460 g/mol. The van der Waals surface area contributed by atoms with Gasteiger partial charge in [-0.25, -0.2) is 4.39 Å². The van der Waals surface area contributed by atoms with Crippen molar-refractivity contribution in [2.45, 2.75) is 19.7 Å². The van der Waals surface area contributed by atoms with E-state index in [1.54, 1.807) is 31.5 Å². The quantitative estimate of drug-likeness (QED) is 0.476. The number of methoxy groups -OCH3 is 1. The third-order valence-electron chi connectivity index (χ3n) is 4.00. The number of hydrogen-bond acceptors (Lipinski definition) is 4. The van der Waals surface area contributed by atoms with E-state index in [4.69, 9.17) is 21.1 Å². The highest BCUT2D eigenvalue weighted by Crippen LogP contribution is 2.37. The molecule has 156 valence electrons. The number of aromatic nitrogens is 1. The van der Waals surface area contributed by atoms with Crippen LogP contribution < -0.4 is 14.8 Å². The summed E-state index contributed by atoms with van der Waals surface area (Å²) in [5, 5.41) is 3.76. The molecule has 0 fully saturated rings. The molecular weight excluding hydrogens is 438 g/mol. The number of rotatable bonds is 8. The molecule has 0 saturated heterocycles. The van der Waals surface area contributed by atoms with Crippen molar-refractivity contribution in [2.24, 2.45) is 0 Å². The van der Waals surface area contributed by atoms with E-state index in [9.17, 15) is 4.39 Å². The van der Waals surface area contributed by atoms with Crippen molar-refractivity contribution in [3.05, 3.63) is 88.5 Å². The number of nitrogens with zero attached hydrogens (tertiary/aromatic N) is 1. The SMILES string of the molecule is COc1cc(CNCc2cccnc2)cc(Cl)c1OCc1ccccc1F.Cl.Cl. The molecular formula is C21H22Cl3FN2O2. The van der Waals surface area contributed by atoms with Gasteiger partial charge in [0.05, 0.1) is 12.1 Å². The van der Waals surface area contributed by atoms with Crippen LogP contribution in [0.25, 0.3) is 0 Å². The number of benzene rings is 2. The van der Waals surface area contributed by atoms with Crippen molar-refractivity contribution in [1.82, 2.24) is 10.3 Å². The Morgan fingerprint density at radius 1 is 1.03 bits per heavy atom. The molecule has 0 amide bonds. The Bertz CT molecular complexity index is 898. The minimum atomic E-state index is -0.316. The number of pyridine rings is 1. The maximum atomic E-state index is 13.8. The lowest BCUT2D eigenvalue weighted by Crippen LogP contribution is -2.13. The Morgan fingerprint density at radius 3 is 2.48 bits per heavy atom. The minimum absolute atomic E-state index is 0. The summed E-state index contributed by atoms with van der Waals surface area (Å²) in [6, 6.07) is 14.1. The van der Waals surface area contributed by atoms with Crippen LogP contribution in [-0.2, 0) is 19.7 Å². The monoisotopic (exact) mass is 458 g/mol. The second-order valence-corrected chi connectivity index (χ2v) is 6.36.